The average Bonchev–Trinajstić information content (AvgIpc) is 2.66. The Labute approximate surface area is 157 Å². The van der Waals surface area contributed by atoms with Gasteiger partial charge in [0.05, 0.1) is 36.0 Å². The molecule has 0 saturated heterocycles. The molecule has 0 fully saturated rings. The fourth-order valence-electron chi connectivity index (χ4n) is 3.77. The number of benzene rings is 2. The highest BCUT2D eigenvalue weighted by Gasteiger charge is 2.22. The molecule has 3 aromatic rings. The van der Waals surface area contributed by atoms with E-state index in [4.69, 9.17) is 9.47 Å². The standard InChI is InChI=1S/C21H25NO5/c1-5-6-7-8-12-16(26-3)11-15(24)17-18(12)22(2)19-13(20(17)25)9-10-14(23)21(19)27-4/h9-11,23-24H,5-8H2,1-4H3. The van der Waals surface area contributed by atoms with E-state index in [1.807, 2.05) is 0 Å². The Kier molecular flexibility index (Phi) is 5.17. The maximum Gasteiger partial charge on any atom is 0.201 e. The second-order valence-electron chi connectivity index (χ2n) is 6.66. The van der Waals surface area contributed by atoms with E-state index in [1.165, 1.54) is 19.2 Å². The average molecular weight is 371 g/mol. The van der Waals surface area contributed by atoms with Gasteiger partial charge in [-0.25, -0.2) is 0 Å². The monoisotopic (exact) mass is 371 g/mol. The van der Waals surface area contributed by atoms with Crippen molar-refractivity contribution in [2.24, 2.45) is 7.05 Å². The normalized spacial score (nSPS) is 11.3. The van der Waals surface area contributed by atoms with Crippen molar-refractivity contribution in [2.75, 3.05) is 14.2 Å². The van der Waals surface area contributed by atoms with E-state index in [-0.39, 0.29) is 28.1 Å². The van der Waals surface area contributed by atoms with Crippen LogP contribution in [0, 0.1) is 0 Å². The van der Waals surface area contributed by atoms with Crippen molar-refractivity contribution >= 4 is 21.8 Å². The minimum absolute atomic E-state index is 0.0426. The number of phenolic OH excluding ortho intramolecular Hbond substituents is 2. The number of hydrogen-bond donors (Lipinski definition) is 2. The number of unbranched alkanes of at least 4 members (excludes halogenated alkanes) is 2. The molecule has 144 valence electrons. The molecule has 0 amide bonds. The number of methoxy groups -OCH3 is 2. The predicted octanol–water partition coefficient (Wildman–Crippen LogP) is 3.85. The number of nitrogens with zero attached hydrogens (tertiary/aromatic N) is 1. The molecule has 0 unspecified atom stereocenters. The summed E-state index contributed by atoms with van der Waals surface area (Å²) in [6.07, 6.45) is 3.78. The lowest BCUT2D eigenvalue weighted by Crippen LogP contribution is -2.13. The van der Waals surface area contributed by atoms with Gasteiger partial charge >= 0.3 is 0 Å². The first-order valence-electron chi connectivity index (χ1n) is 9.07. The van der Waals surface area contributed by atoms with Crippen LogP contribution in [-0.4, -0.2) is 29.0 Å². The van der Waals surface area contributed by atoms with Crippen molar-refractivity contribution in [3.05, 3.63) is 34.0 Å². The van der Waals surface area contributed by atoms with Gasteiger partial charge in [0.15, 0.2) is 11.5 Å². The van der Waals surface area contributed by atoms with Gasteiger partial charge in [-0.3, -0.25) is 4.79 Å². The number of hydrogen-bond acceptors (Lipinski definition) is 5. The first kappa shape index (κ1) is 18.9. The van der Waals surface area contributed by atoms with Crippen LogP contribution >= 0.6 is 0 Å². The first-order valence-corrected chi connectivity index (χ1v) is 9.07. The van der Waals surface area contributed by atoms with E-state index in [0.717, 1.165) is 24.8 Å². The van der Waals surface area contributed by atoms with Crippen LogP contribution in [0.3, 0.4) is 0 Å². The molecule has 6 nitrogen and oxygen atoms in total. The third kappa shape index (κ3) is 2.95. The molecule has 3 rings (SSSR count). The Morgan fingerprint density at radius 1 is 1.04 bits per heavy atom. The highest BCUT2D eigenvalue weighted by Crippen LogP contribution is 2.39. The molecular weight excluding hydrogens is 346 g/mol. The molecule has 2 aromatic carbocycles. The van der Waals surface area contributed by atoms with Gasteiger partial charge in [0.25, 0.3) is 0 Å². The smallest absolute Gasteiger partial charge is 0.201 e. The summed E-state index contributed by atoms with van der Waals surface area (Å²) in [5, 5.41) is 21.4. The fourth-order valence-corrected chi connectivity index (χ4v) is 3.77. The van der Waals surface area contributed by atoms with Crippen LogP contribution in [0.1, 0.15) is 31.7 Å². The van der Waals surface area contributed by atoms with Gasteiger partial charge in [0, 0.05) is 18.7 Å². The maximum atomic E-state index is 13.2. The van der Waals surface area contributed by atoms with E-state index in [0.29, 0.717) is 28.6 Å². The minimum atomic E-state index is -0.298. The van der Waals surface area contributed by atoms with Crippen LogP contribution in [-0.2, 0) is 13.5 Å². The number of phenols is 2. The van der Waals surface area contributed by atoms with Gasteiger partial charge in [-0.1, -0.05) is 19.8 Å². The quantitative estimate of drug-likeness (QED) is 0.508. The minimum Gasteiger partial charge on any atom is -0.507 e. The molecule has 1 heterocycles. The van der Waals surface area contributed by atoms with Crippen molar-refractivity contribution in [1.29, 1.82) is 0 Å². The molecule has 6 heteroatoms. The van der Waals surface area contributed by atoms with E-state index in [2.05, 4.69) is 6.92 Å². The summed E-state index contributed by atoms with van der Waals surface area (Å²) >= 11 is 0. The molecular formula is C21H25NO5. The molecule has 0 atom stereocenters. The molecule has 0 spiro atoms. The van der Waals surface area contributed by atoms with Gasteiger partial charge in [-0.2, -0.15) is 0 Å². The van der Waals surface area contributed by atoms with Gasteiger partial charge in [0.2, 0.25) is 5.43 Å². The highest BCUT2D eigenvalue weighted by molar-refractivity contribution is 6.01. The summed E-state index contributed by atoms with van der Waals surface area (Å²) < 4.78 is 12.7. The zero-order chi connectivity index (χ0) is 19.7. The lowest BCUT2D eigenvalue weighted by atomic mass is 9.99. The molecule has 0 saturated carbocycles. The number of fused-ring (bicyclic) bond motifs is 2. The molecule has 0 radical (unpaired) electrons. The lowest BCUT2D eigenvalue weighted by Gasteiger charge is -2.19. The number of pyridine rings is 1. The fraction of sp³-hybridized carbons (Fsp3) is 0.381. The summed E-state index contributed by atoms with van der Waals surface area (Å²) in [7, 11) is 4.80. The van der Waals surface area contributed by atoms with E-state index in [1.54, 1.807) is 24.8 Å². The zero-order valence-electron chi connectivity index (χ0n) is 16.1. The Balaban J connectivity index is 2.52. The van der Waals surface area contributed by atoms with Gasteiger partial charge < -0.3 is 24.3 Å². The lowest BCUT2D eigenvalue weighted by molar-refractivity contribution is 0.376. The Bertz CT molecular complexity index is 1070. The number of aromatic nitrogens is 1. The van der Waals surface area contributed by atoms with Crippen molar-refractivity contribution in [1.82, 2.24) is 4.57 Å². The first-order chi connectivity index (χ1) is 13.0. The highest BCUT2D eigenvalue weighted by atomic mass is 16.5. The summed E-state index contributed by atoms with van der Waals surface area (Å²) in [5.41, 5.74) is 1.66. The van der Waals surface area contributed by atoms with Crippen LogP contribution in [0.15, 0.2) is 23.0 Å². The van der Waals surface area contributed by atoms with Crippen LogP contribution in [0.25, 0.3) is 21.8 Å². The third-order valence-electron chi connectivity index (χ3n) is 5.05. The van der Waals surface area contributed by atoms with E-state index in [9.17, 15) is 15.0 Å². The molecule has 2 N–H and O–H groups in total. The summed E-state index contributed by atoms with van der Waals surface area (Å²) in [5.74, 6) is 0.620. The van der Waals surface area contributed by atoms with Crippen molar-refractivity contribution in [3.63, 3.8) is 0 Å². The molecule has 0 aliphatic heterocycles. The number of ether oxygens (including phenoxy) is 2. The largest absolute Gasteiger partial charge is 0.507 e. The summed E-state index contributed by atoms with van der Waals surface area (Å²) in [4.78, 5) is 13.2. The molecule has 0 aliphatic carbocycles. The Morgan fingerprint density at radius 3 is 2.41 bits per heavy atom. The van der Waals surface area contributed by atoms with Gasteiger partial charge in [0.1, 0.15) is 11.5 Å². The zero-order valence-corrected chi connectivity index (χ0v) is 16.1. The van der Waals surface area contributed by atoms with Crippen molar-refractivity contribution < 1.29 is 19.7 Å². The van der Waals surface area contributed by atoms with Crippen molar-refractivity contribution in [2.45, 2.75) is 32.6 Å². The van der Waals surface area contributed by atoms with Gasteiger partial charge in [-0.15, -0.1) is 0 Å². The topological polar surface area (TPSA) is 80.9 Å². The van der Waals surface area contributed by atoms with E-state index >= 15 is 0 Å². The van der Waals surface area contributed by atoms with Crippen LogP contribution in [0.4, 0.5) is 0 Å². The van der Waals surface area contributed by atoms with Crippen LogP contribution in [0.5, 0.6) is 23.0 Å². The summed E-state index contributed by atoms with van der Waals surface area (Å²) in [6.45, 7) is 2.13. The molecule has 0 aliphatic rings. The Hall–Kier alpha value is -2.89. The summed E-state index contributed by atoms with van der Waals surface area (Å²) in [6, 6.07) is 4.49. The third-order valence-corrected chi connectivity index (χ3v) is 5.05. The maximum absolute atomic E-state index is 13.2. The second kappa shape index (κ2) is 7.39. The number of aromatic hydroxyl groups is 2. The molecule has 1 aromatic heterocycles. The second-order valence-corrected chi connectivity index (χ2v) is 6.66. The van der Waals surface area contributed by atoms with E-state index < -0.39 is 0 Å². The number of aryl methyl sites for hydroxylation is 2. The van der Waals surface area contributed by atoms with Crippen LogP contribution in [0.2, 0.25) is 0 Å². The van der Waals surface area contributed by atoms with Crippen LogP contribution < -0.4 is 14.9 Å². The number of rotatable bonds is 6. The van der Waals surface area contributed by atoms with Gasteiger partial charge in [-0.05, 0) is 25.0 Å². The molecule has 27 heavy (non-hydrogen) atoms. The Morgan fingerprint density at radius 2 is 1.78 bits per heavy atom. The SMILES string of the molecule is CCCCCc1c(OC)cc(O)c2c(=O)c3ccc(O)c(OC)c3n(C)c12. The van der Waals surface area contributed by atoms with Crippen molar-refractivity contribution in [3.8, 4) is 23.0 Å². The predicted molar refractivity (Wildman–Crippen MR) is 106 cm³/mol. The molecule has 0 bridgehead atoms.